The van der Waals surface area contributed by atoms with Crippen LogP contribution in [0.25, 0.3) is 0 Å². The van der Waals surface area contributed by atoms with Crippen molar-refractivity contribution < 1.29 is 32.2 Å². The highest BCUT2D eigenvalue weighted by Crippen LogP contribution is 2.36. The molecule has 0 aliphatic carbocycles. The lowest BCUT2D eigenvalue weighted by Gasteiger charge is -2.16. The van der Waals surface area contributed by atoms with Crippen LogP contribution in [0.2, 0.25) is 0 Å². The molecule has 0 aliphatic heterocycles. The summed E-state index contributed by atoms with van der Waals surface area (Å²) >= 11 is 3.35. The summed E-state index contributed by atoms with van der Waals surface area (Å²) in [4.78, 5) is 24.3. The molecule has 0 amide bonds. The Hall–Kier alpha value is -2.43. The Morgan fingerprint density at radius 1 is 1.00 bits per heavy atom. The number of methoxy groups -OCH3 is 3. The van der Waals surface area contributed by atoms with Gasteiger partial charge in [0.25, 0.3) is 0 Å². The van der Waals surface area contributed by atoms with Gasteiger partial charge in [0.15, 0.2) is 5.78 Å². The van der Waals surface area contributed by atoms with Crippen LogP contribution in [0.5, 0.6) is 11.5 Å². The summed E-state index contributed by atoms with van der Waals surface area (Å²) in [5, 5.41) is 0. The number of carbonyl (C=O) groups excluding carboxylic acids is 2. The van der Waals surface area contributed by atoms with Crippen molar-refractivity contribution in [2.45, 2.75) is 11.3 Å². The molecule has 0 aromatic heterocycles. The van der Waals surface area contributed by atoms with Crippen LogP contribution in [0.3, 0.4) is 0 Å². The van der Waals surface area contributed by atoms with Gasteiger partial charge in [-0.25, -0.2) is 8.42 Å². The molecule has 0 saturated heterocycles. The van der Waals surface area contributed by atoms with Crippen LogP contribution in [0.15, 0.2) is 45.8 Å². The first-order valence-electron chi connectivity index (χ1n) is 8.71. The minimum Gasteiger partial charge on any atom is -0.496 e. The Balaban J connectivity index is 2.26. The van der Waals surface area contributed by atoms with Gasteiger partial charge in [0.2, 0.25) is 10.0 Å². The Morgan fingerprint density at radius 3 is 2.17 bits per heavy atom. The highest BCUT2D eigenvalue weighted by molar-refractivity contribution is 9.10. The largest absolute Gasteiger partial charge is 0.496 e. The topological polar surface area (TPSA) is 99.2 Å². The lowest BCUT2D eigenvalue weighted by molar-refractivity contribution is -0.140. The molecular weight excluding hydrogens is 478 g/mol. The molecule has 162 valence electrons. The molecule has 0 atom stereocenters. The van der Waals surface area contributed by atoms with Gasteiger partial charge in [-0.1, -0.05) is 12.1 Å². The molecule has 2 aromatic rings. The van der Waals surface area contributed by atoms with Gasteiger partial charge in [-0.05, 0) is 45.8 Å². The maximum atomic E-state index is 12.9. The molecule has 8 nitrogen and oxygen atoms in total. The smallest absolute Gasteiger partial charge is 0.321 e. The van der Waals surface area contributed by atoms with Gasteiger partial charge >= 0.3 is 5.97 Å². The average molecular weight is 500 g/mol. The molecule has 10 heteroatoms. The van der Waals surface area contributed by atoms with Gasteiger partial charge in [-0.2, -0.15) is 4.31 Å². The standard InChI is InChI=1S/C20H22BrNO7S/c1-22(12-18(24)28-3)30(25,26)14-7-5-13(6-8-14)11-16(23)19-17(27-2)10-9-15(21)20(19)29-4/h5-10H,11-12H2,1-4H3. The van der Waals surface area contributed by atoms with Gasteiger partial charge < -0.3 is 14.2 Å². The van der Waals surface area contributed by atoms with Crippen LogP contribution in [0, 0.1) is 0 Å². The third-order valence-electron chi connectivity index (χ3n) is 4.35. The van der Waals surface area contributed by atoms with Crippen molar-refractivity contribution in [2.75, 3.05) is 34.9 Å². The summed E-state index contributed by atoms with van der Waals surface area (Å²) < 4.78 is 41.7. The maximum Gasteiger partial charge on any atom is 0.321 e. The van der Waals surface area contributed by atoms with Crippen molar-refractivity contribution >= 4 is 37.7 Å². The second-order valence-corrected chi connectivity index (χ2v) is 9.14. The third-order valence-corrected chi connectivity index (χ3v) is 6.79. The normalized spacial score (nSPS) is 11.3. The van der Waals surface area contributed by atoms with Gasteiger partial charge in [0.05, 0.1) is 30.7 Å². The van der Waals surface area contributed by atoms with Crippen LogP contribution < -0.4 is 9.47 Å². The second kappa shape index (κ2) is 10.1. The average Bonchev–Trinajstić information content (AvgIpc) is 2.73. The molecular formula is C20H22BrNO7S. The number of likely N-dealkylation sites (N-methyl/N-ethyl adjacent to an activating group) is 1. The number of nitrogens with zero attached hydrogens (tertiary/aromatic N) is 1. The number of halogens is 1. The SMILES string of the molecule is COC(=O)CN(C)S(=O)(=O)c1ccc(CC(=O)c2c(OC)ccc(Br)c2OC)cc1. The number of carbonyl (C=O) groups is 2. The molecule has 0 N–H and O–H groups in total. The van der Waals surface area contributed by atoms with E-state index in [-0.39, 0.29) is 17.1 Å². The lowest BCUT2D eigenvalue weighted by Crippen LogP contribution is -2.32. The molecule has 0 saturated carbocycles. The highest BCUT2D eigenvalue weighted by atomic mass is 79.9. The van der Waals surface area contributed by atoms with E-state index >= 15 is 0 Å². The lowest BCUT2D eigenvalue weighted by atomic mass is 10.0. The van der Waals surface area contributed by atoms with Crippen molar-refractivity contribution in [1.29, 1.82) is 0 Å². The minimum absolute atomic E-state index is 0.00252. The zero-order chi connectivity index (χ0) is 22.5. The van der Waals surface area contributed by atoms with Crippen LogP contribution in [0.1, 0.15) is 15.9 Å². The molecule has 0 fully saturated rings. The fourth-order valence-corrected chi connectivity index (χ4v) is 4.34. The zero-order valence-electron chi connectivity index (χ0n) is 17.0. The number of esters is 1. The first-order chi connectivity index (χ1) is 14.1. The Morgan fingerprint density at radius 2 is 1.63 bits per heavy atom. The summed E-state index contributed by atoms with van der Waals surface area (Å²) in [6.07, 6.45) is 0.0154. The van der Waals surface area contributed by atoms with E-state index in [1.165, 1.54) is 40.5 Å². The second-order valence-electron chi connectivity index (χ2n) is 6.24. The predicted octanol–water partition coefficient (Wildman–Crippen LogP) is 2.69. The van der Waals surface area contributed by atoms with Gasteiger partial charge in [0, 0.05) is 13.5 Å². The number of rotatable bonds is 9. The number of hydrogen-bond donors (Lipinski definition) is 0. The number of benzene rings is 2. The molecule has 2 aromatic carbocycles. The van der Waals surface area contributed by atoms with Gasteiger partial charge in [-0.3, -0.25) is 9.59 Å². The fraction of sp³-hybridized carbons (Fsp3) is 0.300. The Labute approximate surface area is 183 Å². The van der Waals surface area contributed by atoms with E-state index in [4.69, 9.17) is 9.47 Å². The Kier molecular flexibility index (Phi) is 7.99. The maximum absolute atomic E-state index is 12.9. The summed E-state index contributed by atoms with van der Waals surface area (Å²) in [7, 11) is 1.53. The monoisotopic (exact) mass is 499 g/mol. The van der Waals surface area contributed by atoms with E-state index in [2.05, 4.69) is 20.7 Å². The summed E-state index contributed by atoms with van der Waals surface area (Å²) in [5.74, 6) is -0.171. The first kappa shape index (κ1) is 23.8. The van der Waals surface area contributed by atoms with E-state index in [1.54, 1.807) is 24.3 Å². The molecule has 0 bridgehead atoms. The van der Waals surface area contributed by atoms with Gasteiger partial charge in [0.1, 0.15) is 23.6 Å². The molecule has 0 unspecified atom stereocenters. The molecule has 30 heavy (non-hydrogen) atoms. The molecule has 0 radical (unpaired) electrons. The molecule has 2 rings (SSSR count). The van der Waals surface area contributed by atoms with Crippen LogP contribution in [-0.2, 0) is 26.0 Å². The van der Waals surface area contributed by atoms with Crippen LogP contribution in [0.4, 0.5) is 0 Å². The molecule has 0 heterocycles. The number of hydrogen-bond acceptors (Lipinski definition) is 7. The van der Waals surface area contributed by atoms with E-state index in [0.717, 1.165) is 4.31 Å². The predicted molar refractivity (Wildman–Crippen MR) is 114 cm³/mol. The van der Waals surface area contributed by atoms with Crippen molar-refractivity contribution in [2.24, 2.45) is 0 Å². The van der Waals surface area contributed by atoms with Crippen molar-refractivity contribution in [1.82, 2.24) is 4.31 Å². The number of Topliss-reactive ketones (excluding diaryl/α,β-unsaturated/α-hetero) is 1. The zero-order valence-corrected chi connectivity index (χ0v) is 19.4. The highest BCUT2D eigenvalue weighted by Gasteiger charge is 2.24. The van der Waals surface area contributed by atoms with E-state index in [9.17, 15) is 18.0 Å². The third kappa shape index (κ3) is 5.18. The summed E-state index contributed by atoms with van der Waals surface area (Å²) in [5.41, 5.74) is 0.905. The van der Waals surface area contributed by atoms with Crippen LogP contribution in [-0.4, -0.2) is 59.4 Å². The van der Waals surface area contributed by atoms with Crippen molar-refractivity contribution in [3.8, 4) is 11.5 Å². The molecule has 0 aliphatic rings. The first-order valence-corrected chi connectivity index (χ1v) is 10.9. The number of ether oxygens (including phenoxy) is 3. The van der Waals surface area contributed by atoms with Crippen molar-refractivity contribution in [3.05, 3.63) is 52.0 Å². The van der Waals surface area contributed by atoms with Crippen molar-refractivity contribution in [3.63, 3.8) is 0 Å². The van der Waals surface area contributed by atoms with E-state index in [0.29, 0.717) is 27.1 Å². The van der Waals surface area contributed by atoms with Crippen LogP contribution >= 0.6 is 15.9 Å². The molecule has 0 spiro atoms. The number of ketones is 1. The Bertz CT molecular complexity index is 1040. The van der Waals surface area contributed by atoms with E-state index < -0.39 is 22.5 Å². The number of sulfonamides is 1. The summed E-state index contributed by atoms with van der Waals surface area (Å²) in [6, 6.07) is 9.26. The summed E-state index contributed by atoms with van der Waals surface area (Å²) in [6.45, 7) is -0.401. The minimum atomic E-state index is -3.87. The van der Waals surface area contributed by atoms with E-state index in [1.807, 2.05) is 0 Å². The fourth-order valence-electron chi connectivity index (χ4n) is 2.74. The van der Waals surface area contributed by atoms with Gasteiger partial charge in [-0.15, -0.1) is 0 Å². The quantitative estimate of drug-likeness (QED) is 0.386.